The van der Waals surface area contributed by atoms with E-state index in [2.05, 4.69) is 15.5 Å². The molecule has 0 saturated heterocycles. The Labute approximate surface area is 164 Å². The maximum atomic E-state index is 11.7. The van der Waals surface area contributed by atoms with Gasteiger partial charge in [-0.2, -0.15) is 0 Å². The molecule has 0 amide bonds. The van der Waals surface area contributed by atoms with Crippen LogP contribution < -0.4 is 14.4 Å². The fourth-order valence-electron chi connectivity index (χ4n) is 3.75. The van der Waals surface area contributed by atoms with Gasteiger partial charge in [0, 0.05) is 11.3 Å². The highest BCUT2D eigenvalue weighted by atomic mass is 32.2. The van der Waals surface area contributed by atoms with E-state index in [4.69, 9.17) is 9.47 Å². The summed E-state index contributed by atoms with van der Waals surface area (Å²) in [5.74, 6) is 2.69. The average molecular weight is 386 g/mol. The molecule has 2 aliphatic rings. The Bertz CT molecular complexity index is 853. The first-order valence-corrected chi connectivity index (χ1v) is 10.3. The Morgan fingerprint density at radius 3 is 2.70 bits per heavy atom. The molecule has 1 N–H and O–H groups in total. The Hall–Kier alpha value is -2.18. The lowest BCUT2D eigenvalue weighted by molar-refractivity contribution is -0.656. The number of nitrogens with zero attached hydrogens (tertiary/aromatic N) is 2. The van der Waals surface area contributed by atoms with E-state index in [9.17, 15) is 5.11 Å². The van der Waals surface area contributed by atoms with Crippen LogP contribution in [0.3, 0.4) is 0 Å². The normalized spacial score (nSPS) is 22.0. The number of rotatable bonds is 5. The first-order valence-electron chi connectivity index (χ1n) is 9.31. The molecule has 6 heteroatoms. The van der Waals surface area contributed by atoms with Crippen molar-refractivity contribution in [3.8, 4) is 11.5 Å². The number of β-amino-alcohol motifs (C(OH)–C–C–N with tert-alkyl or cyclic N) is 1. The molecule has 27 heavy (non-hydrogen) atoms. The number of benzene rings is 2. The van der Waals surface area contributed by atoms with Gasteiger partial charge in [0.25, 0.3) is 5.72 Å². The van der Waals surface area contributed by atoms with Gasteiger partial charge in [0.15, 0.2) is 18.0 Å². The Balaban J connectivity index is 1.77. The van der Waals surface area contributed by atoms with Gasteiger partial charge < -0.3 is 14.6 Å². The van der Waals surface area contributed by atoms with Crippen LogP contribution in [0, 0.1) is 0 Å². The molecule has 0 saturated carbocycles. The Kier molecular flexibility index (Phi) is 5.02. The summed E-state index contributed by atoms with van der Waals surface area (Å²) in [6.45, 7) is 3.90. The second kappa shape index (κ2) is 7.44. The summed E-state index contributed by atoms with van der Waals surface area (Å²) in [6.07, 6.45) is 1.05. The van der Waals surface area contributed by atoms with E-state index in [0.717, 1.165) is 46.6 Å². The smallest absolute Gasteiger partial charge is 0.316 e. The molecule has 1 atom stereocenters. The molecule has 0 spiro atoms. The van der Waals surface area contributed by atoms with Crippen molar-refractivity contribution in [2.24, 2.45) is 0 Å². The third-order valence-corrected chi connectivity index (χ3v) is 6.24. The van der Waals surface area contributed by atoms with Gasteiger partial charge in [-0.1, -0.05) is 12.1 Å². The summed E-state index contributed by atoms with van der Waals surface area (Å²) >= 11 is 1.80. The molecule has 2 heterocycles. The van der Waals surface area contributed by atoms with Crippen LogP contribution in [0.4, 0.5) is 5.69 Å². The van der Waals surface area contributed by atoms with E-state index in [0.29, 0.717) is 13.2 Å². The first-order chi connectivity index (χ1) is 13.2. The summed E-state index contributed by atoms with van der Waals surface area (Å²) < 4.78 is 13.3. The highest BCUT2D eigenvalue weighted by Gasteiger charge is 2.53. The number of hydrogen-bond acceptors (Lipinski definition) is 5. The highest BCUT2D eigenvalue weighted by molar-refractivity contribution is 8.13. The fourth-order valence-corrected chi connectivity index (χ4v) is 4.92. The van der Waals surface area contributed by atoms with E-state index in [1.807, 2.05) is 49.4 Å². The number of hydrogen-bond donors (Lipinski definition) is 1. The third kappa shape index (κ3) is 3.17. The number of ether oxygens (including phenoxy) is 2. The zero-order chi connectivity index (χ0) is 18.9. The van der Waals surface area contributed by atoms with Crippen molar-refractivity contribution in [3.05, 3.63) is 54.1 Å². The molecule has 142 valence electrons. The molecule has 1 unspecified atom stereocenters. The second-order valence-electron chi connectivity index (χ2n) is 6.67. The molecule has 5 nitrogen and oxygen atoms in total. The van der Waals surface area contributed by atoms with Crippen LogP contribution in [-0.4, -0.2) is 47.4 Å². The van der Waals surface area contributed by atoms with Gasteiger partial charge in [-0.25, -0.2) is 9.48 Å². The lowest BCUT2D eigenvalue weighted by atomic mass is 10.0. The van der Waals surface area contributed by atoms with Gasteiger partial charge >= 0.3 is 5.17 Å². The van der Waals surface area contributed by atoms with Crippen molar-refractivity contribution in [2.75, 3.05) is 37.5 Å². The fraction of sp³-hybridized carbons (Fsp3) is 0.381. The van der Waals surface area contributed by atoms with Crippen LogP contribution in [0.1, 0.15) is 18.9 Å². The molecule has 2 aliphatic heterocycles. The second-order valence-corrected chi connectivity index (χ2v) is 7.73. The van der Waals surface area contributed by atoms with Crippen molar-refractivity contribution in [1.82, 2.24) is 0 Å². The van der Waals surface area contributed by atoms with E-state index in [1.54, 1.807) is 18.9 Å². The number of amidine groups is 1. The van der Waals surface area contributed by atoms with Crippen LogP contribution in [-0.2, 0) is 5.72 Å². The third-order valence-electron chi connectivity index (χ3n) is 5.05. The summed E-state index contributed by atoms with van der Waals surface area (Å²) in [5.41, 5.74) is 0.798. The molecular weight excluding hydrogens is 360 g/mol. The molecular formula is C21H25N2O3S+. The minimum Gasteiger partial charge on any atom is -0.497 e. The molecule has 0 aliphatic carbocycles. The maximum Gasteiger partial charge on any atom is 0.316 e. The lowest BCUT2D eigenvalue weighted by Crippen LogP contribution is -2.41. The van der Waals surface area contributed by atoms with Crippen LogP contribution in [0.5, 0.6) is 11.5 Å². The zero-order valence-corrected chi connectivity index (χ0v) is 16.5. The molecule has 4 rings (SSSR count). The van der Waals surface area contributed by atoms with E-state index < -0.39 is 5.72 Å². The van der Waals surface area contributed by atoms with Gasteiger partial charge in [-0.05, 0) is 61.5 Å². The predicted octanol–water partition coefficient (Wildman–Crippen LogP) is 3.26. The number of methoxy groups -OCH3 is 1. The van der Waals surface area contributed by atoms with Crippen molar-refractivity contribution >= 4 is 22.6 Å². The van der Waals surface area contributed by atoms with Crippen molar-refractivity contribution in [2.45, 2.75) is 19.1 Å². The Morgan fingerprint density at radius 2 is 1.96 bits per heavy atom. The van der Waals surface area contributed by atoms with Crippen LogP contribution in [0.15, 0.2) is 48.5 Å². The van der Waals surface area contributed by atoms with Crippen LogP contribution in [0.25, 0.3) is 0 Å². The molecule has 2 aromatic carbocycles. The van der Waals surface area contributed by atoms with Crippen molar-refractivity contribution < 1.29 is 19.2 Å². The van der Waals surface area contributed by atoms with E-state index >= 15 is 0 Å². The zero-order valence-electron chi connectivity index (χ0n) is 15.7. The number of para-hydroxylation sites is 2. The van der Waals surface area contributed by atoms with Crippen LogP contribution in [0.2, 0.25) is 0 Å². The van der Waals surface area contributed by atoms with Crippen molar-refractivity contribution in [3.63, 3.8) is 0 Å². The van der Waals surface area contributed by atoms with Crippen molar-refractivity contribution in [1.29, 1.82) is 0 Å². The van der Waals surface area contributed by atoms with E-state index in [-0.39, 0.29) is 0 Å². The largest absolute Gasteiger partial charge is 0.497 e. The van der Waals surface area contributed by atoms with Crippen LogP contribution >= 0.6 is 11.8 Å². The Morgan fingerprint density at radius 1 is 1.19 bits per heavy atom. The minimum absolute atomic E-state index is 0.464. The SMILES string of the molecule is CCOc1ccccc1N1CC(O)(c2ccc(OC)cc2)[N+]2=C1SCCC2. The quantitative estimate of drug-likeness (QED) is 0.801. The van der Waals surface area contributed by atoms with Gasteiger partial charge in [0.2, 0.25) is 0 Å². The van der Waals surface area contributed by atoms with Gasteiger partial charge in [0.1, 0.15) is 5.75 Å². The predicted molar refractivity (Wildman–Crippen MR) is 109 cm³/mol. The monoisotopic (exact) mass is 385 g/mol. The molecule has 0 bridgehead atoms. The summed E-state index contributed by atoms with van der Waals surface area (Å²) in [5, 5.41) is 12.8. The average Bonchev–Trinajstić information content (AvgIpc) is 3.03. The molecule has 0 fully saturated rings. The minimum atomic E-state index is -1.08. The lowest BCUT2D eigenvalue weighted by Gasteiger charge is -2.24. The van der Waals surface area contributed by atoms with Gasteiger partial charge in [-0.3, -0.25) is 0 Å². The maximum absolute atomic E-state index is 11.7. The summed E-state index contributed by atoms with van der Waals surface area (Å²) in [7, 11) is 1.65. The summed E-state index contributed by atoms with van der Waals surface area (Å²) in [6, 6.07) is 15.8. The first kappa shape index (κ1) is 18.2. The molecule has 2 aromatic rings. The number of thioether (sulfide) groups is 1. The number of anilines is 1. The van der Waals surface area contributed by atoms with Gasteiger partial charge in [-0.15, -0.1) is 0 Å². The standard InChI is InChI=1S/C21H25N2O3S/c1-3-26-19-8-5-4-7-18(19)22-15-21(24,23-13-6-14-27-20(22)23)16-9-11-17(25-2)12-10-16/h4-5,7-12,24H,3,6,13-15H2,1-2H3/q+1. The summed E-state index contributed by atoms with van der Waals surface area (Å²) in [4.78, 5) is 2.19. The molecule has 0 radical (unpaired) electrons. The van der Waals surface area contributed by atoms with Gasteiger partial charge in [0.05, 0.1) is 20.3 Å². The molecule has 0 aromatic heterocycles. The number of aliphatic hydroxyl groups is 1. The van der Waals surface area contributed by atoms with E-state index in [1.165, 1.54) is 0 Å². The topological polar surface area (TPSA) is 44.9 Å². The highest BCUT2D eigenvalue weighted by Crippen LogP contribution is 2.40.